The van der Waals surface area contributed by atoms with Gasteiger partial charge < -0.3 is 14.2 Å². The second-order valence-corrected chi connectivity index (χ2v) is 7.29. The van der Waals surface area contributed by atoms with Crippen LogP contribution in [0.3, 0.4) is 0 Å². The van der Waals surface area contributed by atoms with Crippen molar-refractivity contribution in [1.29, 1.82) is 0 Å². The van der Waals surface area contributed by atoms with Gasteiger partial charge in [-0.05, 0) is 5.56 Å². The first-order chi connectivity index (χ1) is 14.7. The van der Waals surface area contributed by atoms with Crippen LogP contribution in [0.5, 0.6) is 0 Å². The summed E-state index contributed by atoms with van der Waals surface area (Å²) in [6, 6.07) is 19.3. The van der Waals surface area contributed by atoms with Crippen molar-refractivity contribution in [3.8, 4) is 34.3 Å². The van der Waals surface area contributed by atoms with E-state index in [1.165, 1.54) is 0 Å². The van der Waals surface area contributed by atoms with Gasteiger partial charge in [0.15, 0.2) is 11.5 Å². The summed E-state index contributed by atoms with van der Waals surface area (Å²) in [5.74, 6) is 0.417. The van der Waals surface area contributed by atoms with Gasteiger partial charge in [-0.1, -0.05) is 64.9 Å². The van der Waals surface area contributed by atoms with Crippen LogP contribution in [-0.2, 0) is 11.3 Å². The Morgan fingerprint density at radius 1 is 1.00 bits per heavy atom. The number of aromatic nitrogens is 3. The maximum atomic E-state index is 10.9. The minimum atomic E-state index is -0.725. The molecular weight excluding hydrogens is 384 g/mol. The molecule has 0 atom stereocenters. The first-order valence-corrected chi connectivity index (χ1v) is 9.56. The van der Waals surface area contributed by atoms with Crippen LogP contribution in [0, 0.1) is 5.92 Å². The SMILES string of the molecule is O=C(O)C1CN(Cc2ccc(-c3noc(-c4cc(-c5ccccc5)on4)n3)cc2)C1. The highest BCUT2D eigenvalue weighted by Gasteiger charge is 2.32. The smallest absolute Gasteiger partial charge is 0.309 e. The lowest BCUT2D eigenvalue weighted by Crippen LogP contribution is -2.49. The Morgan fingerprint density at radius 2 is 1.77 bits per heavy atom. The number of aliphatic carboxylic acids is 1. The summed E-state index contributed by atoms with van der Waals surface area (Å²) in [5.41, 5.74) is 3.33. The molecule has 8 heteroatoms. The van der Waals surface area contributed by atoms with E-state index in [9.17, 15) is 4.79 Å². The van der Waals surface area contributed by atoms with Crippen molar-refractivity contribution in [2.75, 3.05) is 13.1 Å². The predicted molar refractivity (Wildman–Crippen MR) is 107 cm³/mol. The van der Waals surface area contributed by atoms with Crippen molar-refractivity contribution in [3.63, 3.8) is 0 Å². The fourth-order valence-electron chi connectivity index (χ4n) is 3.43. The molecule has 0 saturated carbocycles. The van der Waals surface area contributed by atoms with E-state index in [1.54, 1.807) is 6.07 Å². The van der Waals surface area contributed by atoms with Crippen LogP contribution in [0.4, 0.5) is 0 Å². The number of benzene rings is 2. The third-order valence-corrected chi connectivity index (χ3v) is 5.14. The van der Waals surface area contributed by atoms with Crippen LogP contribution in [-0.4, -0.2) is 44.4 Å². The van der Waals surface area contributed by atoms with Crippen molar-refractivity contribution in [1.82, 2.24) is 20.2 Å². The van der Waals surface area contributed by atoms with Gasteiger partial charge in [-0.25, -0.2) is 0 Å². The number of nitrogens with zero attached hydrogens (tertiary/aromatic N) is 4. The summed E-state index contributed by atoms with van der Waals surface area (Å²) >= 11 is 0. The summed E-state index contributed by atoms with van der Waals surface area (Å²) in [4.78, 5) is 17.4. The maximum absolute atomic E-state index is 10.9. The number of hydrogen-bond donors (Lipinski definition) is 1. The van der Waals surface area contributed by atoms with Gasteiger partial charge in [0, 0.05) is 36.8 Å². The van der Waals surface area contributed by atoms with Crippen LogP contribution in [0.2, 0.25) is 0 Å². The second kappa shape index (κ2) is 7.57. The van der Waals surface area contributed by atoms with E-state index < -0.39 is 5.97 Å². The van der Waals surface area contributed by atoms with Crippen molar-refractivity contribution >= 4 is 5.97 Å². The molecule has 0 aliphatic carbocycles. The van der Waals surface area contributed by atoms with E-state index in [0.717, 1.165) is 23.2 Å². The fraction of sp³-hybridized carbons (Fsp3) is 0.182. The predicted octanol–water partition coefficient (Wildman–Crippen LogP) is 3.58. The Labute approximate surface area is 171 Å². The molecule has 1 aliphatic heterocycles. The molecule has 1 N–H and O–H groups in total. The molecule has 30 heavy (non-hydrogen) atoms. The van der Waals surface area contributed by atoms with E-state index in [4.69, 9.17) is 14.2 Å². The number of likely N-dealkylation sites (tertiary alicyclic amines) is 1. The van der Waals surface area contributed by atoms with Gasteiger partial charge in [-0.15, -0.1) is 0 Å². The van der Waals surface area contributed by atoms with Gasteiger partial charge in [0.2, 0.25) is 5.82 Å². The molecule has 1 fully saturated rings. The van der Waals surface area contributed by atoms with E-state index >= 15 is 0 Å². The monoisotopic (exact) mass is 402 g/mol. The normalized spacial score (nSPS) is 14.5. The van der Waals surface area contributed by atoms with Crippen LogP contribution < -0.4 is 0 Å². The second-order valence-electron chi connectivity index (χ2n) is 7.29. The molecule has 8 nitrogen and oxygen atoms in total. The molecule has 150 valence electrons. The zero-order chi connectivity index (χ0) is 20.5. The average Bonchev–Trinajstić information content (AvgIpc) is 3.41. The van der Waals surface area contributed by atoms with Crippen LogP contribution >= 0.6 is 0 Å². The zero-order valence-corrected chi connectivity index (χ0v) is 15.9. The molecule has 2 aromatic heterocycles. The first kappa shape index (κ1) is 18.3. The standard InChI is InChI=1S/C22H18N4O4/c27-22(28)17-12-26(13-17)11-14-6-8-16(9-7-14)20-23-21(30-25-20)18-10-19(29-24-18)15-4-2-1-3-5-15/h1-10,17H,11-13H2,(H,27,28). The summed E-state index contributed by atoms with van der Waals surface area (Å²) in [5, 5.41) is 17.0. The molecule has 1 aliphatic rings. The van der Waals surface area contributed by atoms with Crippen LogP contribution in [0.1, 0.15) is 5.56 Å². The highest BCUT2D eigenvalue weighted by atomic mass is 16.5. The Morgan fingerprint density at radius 3 is 2.50 bits per heavy atom. The number of carboxylic acids is 1. The summed E-state index contributed by atoms with van der Waals surface area (Å²) in [6.07, 6.45) is 0. The van der Waals surface area contributed by atoms with Gasteiger partial charge in [-0.3, -0.25) is 9.69 Å². The molecule has 0 radical (unpaired) electrons. The lowest BCUT2D eigenvalue weighted by molar-refractivity contribution is -0.147. The molecule has 5 rings (SSSR count). The Bertz CT molecular complexity index is 1160. The molecule has 0 bridgehead atoms. The van der Waals surface area contributed by atoms with Crippen molar-refractivity contribution < 1.29 is 18.9 Å². The lowest BCUT2D eigenvalue weighted by atomic mass is 9.99. The molecule has 0 unspecified atom stereocenters. The third-order valence-electron chi connectivity index (χ3n) is 5.14. The highest BCUT2D eigenvalue weighted by molar-refractivity contribution is 5.71. The largest absolute Gasteiger partial charge is 0.481 e. The lowest BCUT2D eigenvalue weighted by Gasteiger charge is -2.36. The molecule has 3 heterocycles. The number of carbonyl (C=O) groups is 1. The Balaban J connectivity index is 1.27. The Hall–Kier alpha value is -3.78. The molecular formula is C22H18N4O4. The van der Waals surface area contributed by atoms with Gasteiger partial charge in [0.1, 0.15) is 0 Å². The highest BCUT2D eigenvalue weighted by Crippen LogP contribution is 2.27. The topological polar surface area (TPSA) is 105 Å². The van der Waals surface area contributed by atoms with E-state index in [1.807, 2.05) is 54.6 Å². The molecule has 0 amide bonds. The summed E-state index contributed by atoms with van der Waals surface area (Å²) in [7, 11) is 0. The molecule has 0 spiro atoms. The van der Waals surface area contributed by atoms with Gasteiger partial charge in [0.25, 0.3) is 5.89 Å². The summed E-state index contributed by atoms with van der Waals surface area (Å²) < 4.78 is 10.8. The molecule has 4 aromatic rings. The molecule has 1 saturated heterocycles. The number of hydrogen-bond acceptors (Lipinski definition) is 7. The minimum absolute atomic E-state index is 0.249. The summed E-state index contributed by atoms with van der Waals surface area (Å²) in [6.45, 7) is 1.91. The van der Waals surface area contributed by atoms with Gasteiger partial charge in [-0.2, -0.15) is 4.98 Å². The maximum Gasteiger partial charge on any atom is 0.309 e. The first-order valence-electron chi connectivity index (χ1n) is 9.56. The Kier molecular flexibility index (Phi) is 4.61. The minimum Gasteiger partial charge on any atom is -0.481 e. The van der Waals surface area contributed by atoms with Gasteiger partial charge in [0.05, 0.1) is 5.92 Å². The quantitative estimate of drug-likeness (QED) is 0.522. The van der Waals surface area contributed by atoms with E-state index in [0.29, 0.717) is 36.3 Å². The number of carboxylic acid groups (broad SMARTS) is 1. The average molecular weight is 402 g/mol. The van der Waals surface area contributed by atoms with E-state index in [-0.39, 0.29) is 5.92 Å². The van der Waals surface area contributed by atoms with E-state index in [2.05, 4.69) is 20.2 Å². The fourth-order valence-corrected chi connectivity index (χ4v) is 3.43. The zero-order valence-electron chi connectivity index (χ0n) is 15.9. The molecule has 2 aromatic carbocycles. The van der Waals surface area contributed by atoms with Crippen molar-refractivity contribution in [2.45, 2.75) is 6.54 Å². The number of rotatable bonds is 6. The van der Waals surface area contributed by atoms with Crippen LogP contribution in [0.15, 0.2) is 69.7 Å². The van der Waals surface area contributed by atoms with Crippen LogP contribution in [0.25, 0.3) is 34.3 Å². The van der Waals surface area contributed by atoms with Gasteiger partial charge >= 0.3 is 5.97 Å². The van der Waals surface area contributed by atoms with Crippen molar-refractivity contribution in [3.05, 3.63) is 66.2 Å². The van der Waals surface area contributed by atoms with Crippen molar-refractivity contribution in [2.24, 2.45) is 5.92 Å². The third kappa shape index (κ3) is 3.60.